The highest BCUT2D eigenvalue weighted by molar-refractivity contribution is 5.96. The van der Waals surface area contributed by atoms with Gasteiger partial charge in [-0.1, -0.05) is 51.1 Å². The summed E-state index contributed by atoms with van der Waals surface area (Å²) in [6.45, 7) is 8.30. The lowest BCUT2D eigenvalue weighted by atomic mass is 9.97. The maximum absolute atomic E-state index is 11.9. The molecule has 1 aromatic rings. The summed E-state index contributed by atoms with van der Waals surface area (Å²) in [6, 6.07) is 8.37. The van der Waals surface area contributed by atoms with Gasteiger partial charge in [0.05, 0.1) is 0 Å². The van der Waals surface area contributed by atoms with Gasteiger partial charge in [0.15, 0.2) is 5.78 Å². The molecule has 0 saturated heterocycles. The second-order valence-electron chi connectivity index (χ2n) is 4.66. The fourth-order valence-electron chi connectivity index (χ4n) is 1.88. The van der Waals surface area contributed by atoms with E-state index >= 15 is 0 Å². The fraction of sp³-hybridized carbons (Fsp3) is 0.438. The van der Waals surface area contributed by atoms with Crippen LogP contribution in [0.15, 0.2) is 35.9 Å². The standard InChI is InChI=1S/C16H22O/c1-5-14(6-2)16(17)11-13-7-9-15(10-8-13)12(3)4/h5,7-10,12H,6,11H2,1-4H3/b14-5-. The van der Waals surface area contributed by atoms with Gasteiger partial charge in [-0.05, 0) is 36.0 Å². The monoisotopic (exact) mass is 230 g/mol. The van der Waals surface area contributed by atoms with E-state index in [4.69, 9.17) is 0 Å². The van der Waals surface area contributed by atoms with Crippen molar-refractivity contribution in [1.29, 1.82) is 0 Å². The smallest absolute Gasteiger partial charge is 0.162 e. The van der Waals surface area contributed by atoms with Gasteiger partial charge in [-0.25, -0.2) is 0 Å². The van der Waals surface area contributed by atoms with Crippen LogP contribution in [0.3, 0.4) is 0 Å². The van der Waals surface area contributed by atoms with E-state index < -0.39 is 0 Å². The number of benzene rings is 1. The molecule has 17 heavy (non-hydrogen) atoms. The van der Waals surface area contributed by atoms with Crippen LogP contribution in [0.4, 0.5) is 0 Å². The van der Waals surface area contributed by atoms with Crippen molar-refractivity contribution >= 4 is 5.78 Å². The molecule has 0 fully saturated rings. The SMILES string of the molecule is C/C=C(/CC)C(=O)Cc1ccc(C(C)C)cc1. The van der Waals surface area contributed by atoms with Crippen LogP contribution in [0.2, 0.25) is 0 Å². The number of ketones is 1. The fourth-order valence-corrected chi connectivity index (χ4v) is 1.88. The molecule has 0 heterocycles. The Balaban J connectivity index is 2.73. The molecule has 0 N–H and O–H groups in total. The topological polar surface area (TPSA) is 17.1 Å². The van der Waals surface area contributed by atoms with Crippen molar-refractivity contribution in [3.63, 3.8) is 0 Å². The molecule has 0 aromatic heterocycles. The molecular formula is C16H22O. The van der Waals surface area contributed by atoms with Crippen molar-refractivity contribution in [1.82, 2.24) is 0 Å². The van der Waals surface area contributed by atoms with Crippen LogP contribution in [0.5, 0.6) is 0 Å². The highest BCUT2D eigenvalue weighted by Gasteiger charge is 2.08. The molecule has 0 aliphatic carbocycles. The molecule has 92 valence electrons. The van der Waals surface area contributed by atoms with Crippen LogP contribution in [0.25, 0.3) is 0 Å². The molecule has 0 aliphatic heterocycles. The quantitative estimate of drug-likeness (QED) is 0.690. The summed E-state index contributed by atoms with van der Waals surface area (Å²) in [5, 5.41) is 0. The average molecular weight is 230 g/mol. The van der Waals surface area contributed by atoms with Gasteiger partial charge in [-0.2, -0.15) is 0 Å². The Hall–Kier alpha value is -1.37. The Morgan fingerprint density at radius 1 is 1.24 bits per heavy atom. The van der Waals surface area contributed by atoms with Crippen LogP contribution in [-0.2, 0) is 11.2 Å². The van der Waals surface area contributed by atoms with Gasteiger partial charge in [0.25, 0.3) is 0 Å². The van der Waals surface area contributed by atoms with Crippen molar-refractivity contribution < 1.29 is 4.79 Å². The van der Waals surface area contributed by atoms with Gasteiger partial charge in [-0.3, -0.25) is 4.79 Å². The third-order valence-corrected chi connectivity index (χ3v) is 3.10. The van der Waals surface area contributed by atoms with Crippen molar-refractivity contribution in [2.45, 2.75) is 46.5 Å². The second-order valence-corrected chi connectivity index (χ2v) is 4.66. The maximum atomic E-state index is 11.9. The Kier molecular flexibility index (Phi) is 5.14. The first-order valence-corrected chi connectivity index (χ1v) is 6.35. The highest BCUT2D eigenvalue weighted by atomic mass is 16.1. The molecule has 1 rings (SSSR count). The van der Waals surface area contributed by atoms with E-state index in [1.54, 1.807) is 0 Å². The highest BCUT2D eigenvalue weighted by Crippen LogP contribution is 2.16. The largest absolute Gasteiger partial charge is 0.294 e. The molecule has 0 unspecified atom stereocenters. The molecule has 0 spiro atoms. The minimum Gasteiger partial charge on any atom is -0.294 e. The normalized spacial score (nSPS) is 11.9. The van der Waals surface area contributed by atoms with Gasteiger partial charge in [-0.15, -0.1) is 0 Å². The van der Waals surface area contributed by atoms with Gasteiger partial charge in [0.1, 0.15) is 0 Å². The molecule has 0 bridgehead atoms. The molecule has 1 heteroatoms. The predicted octanol–water partition coefficient (Wildman–Crippen LogP) is 4.28. The summed E-state index contributed by atoms with van der Waals surface area (Å²) in [5.74, 6) is 0.786. The van der Waals surface area contributed by atoms with Crippen LogP contribution < -0.4 is 0 Å². The minimum absolute atomic E-state index is 0.243. The second kappa shape index (κ2) is 6.39. The van der Waals surface area contributed by atoms with Gasteiger partial charge in [0.2, 0.25) is 0 Å². The first-order chi connectivity index (χ1) is 8.08. The maximum Gasteiger partial charge on any atom is 0.162 e. The van der Waals surface area contributed by atoms with E-state index in [0.717, 1.165) is 17.6 Å². The van der Waals surface area contributed by atoms with Crippen LogP contribution in [-0.4, -0.2) is 5.78 Å². The Morgan fingerprint density at radius 3 is 2.24 bits per heavy atom. The van der Waals surface area contributed by atoms with E-state index in [1.165, 1.54) is 5.56 Å². The van der Waals surface area contributed by atoms with E-state index in [1.807, 2.05) is 19.9 Å². The molecule has 0 saturated carbocycles. The van der Waals surface area contributed by atoms with Crippen molar-refractivity contribution in [2.75, 3.05) is 0 Å². The zero-order chi connectivity index (χ0) is 12.8. The van der Waals surface area contributed by atoms with Crippen molar-refractivity contribution in [2.24, 2.45) is 0 Å². The lowest BCUT2D eigenvalue weighted by Gasteiger charge is -2.07. The van der Waals surface area contributed by atoms with E-state index in [9.17, 15) is 4.79 Å². The summed E-state index contributed by atoms with van der Waals surface area (Å²) in [4.78, 5) is 11.9. The first-order valence-electron chi connectivity index (χ1n) is 6.35. The molecule has 0 atom stereocenters. The zero-order valence-electron chi connectivity index (χ0n) is 11.3. The number of hydrogen-bond acceptors (Lipinski definition) is 1. The molecule has 0 aliphatic rings. The van der Waals surface area contributed by atoms with Crippen LogP contribution >= 0.6 is 0 Å². The molecule has 1 aromatic carbocycles. The Bertz CT molecular complexity index is 396. The average Bonchev–Trinajstić information content (AvgIpc) is 2.31. The number of hydrogen-bond donors (Lipinski definition) is 0. The summed E-state index contributed by atoms with van der Waals surface area (Å²) >= 11 is 0. The van der Waals surface area contributed by atoms with Gasteiger partial charge >= 0.3 is 0 Å². The molecule has 1 nitrogen and oxygen atoms in total. The van der Waals surface area contributed by atoms with Crippen molar-refractivity contribution in [3.05, 3.63) is 47.0 Å². The molecular weight excluding hydrogens is 208 g/mol. The number of allylic oxidation sites excluding steroid dienone is 2. The summed E-state index contributed by atoms with van der Waals surface area (Å²) in [7, 11) is 0. The number of carbonyl (C=O) groups is 1. The van der Waals surface area contributed by atoms with E-state index in [-0.39, 0.29) is 5.78 Å². The minimum atomic E-state index is 0.243. The van der Waals surface area contributed by atoms with E-state index in [0.29, 0.717) is 12.3 Å². The number of Topliss-reactive ketones (excluding diaryl/α,β-unsaturated/α-hetero) is 1. The Labute approximate surface area is 105 Å². The lowest BCUT2D eigenvalue weighted by Crippen LogP contribution is -2.05. The third-order valence-electron chi connectivity index (χ3n) is 3.10. The Morgan fingerprint density at radius 2 is 1.82 bits per heavy atom. The van der Waals surface area contributed by atoms with Gasteiger partial charge < -0.3 is 0 Å². The van der Waals surface area contributed by atoms with Gasteiger partial charge in [0, 0.05) is 6.42 Å². The number of rotatable bonds is 5. The lowest BCUT2D eigenvalue weighted by molar-refractivity contribution is -0.115. The predicted molar refractivity (Wildman–Crippen MR) is 73.3 cm³/mol. The third kappa shape index (κ3) is 3.85. The summed E-state index contributed by atoms with van der Waals surface area (Å²) in [5.41, 5.74) is 3.35. The molecule has 0 amide bonds. The van der Waals surface area contributed by atoms with Crippen molar-refractivity contribution in [3.8, 4) is 0 Å². The number of carbonyl (C=O) groups excluding carboxylic acids is 1. The summed E-state index contributed by atoms with van der Waals surface area (Å²) < 4.78 is 0. The molecule has 0 radical (unpaired) electrons. The van der Waals surface area contributed by atoms with E-state index in [2.05, 4.69) is 38.1 Å². The first kappa shape index (κ1) is 13.7. The van der Waals surface area contributed by atoms with Crippen LogP contribution in [0.1, 0.15) is 51.2 Å². The summed E-state index contributed by atoms with van der Waals surface area (Å²) in [6.07, 6.45) is 3.26. The zero-order valence-corrected chi connectivity index (χ0v) is 11.3. The van der Waals surface area contributed by atoms with Crippen LogP contribution in [0, 0.1) is 0 Å².